The van der Waals surface area contributed by atoms with Crippen molar-refractivity contribution in [1.82, 2.24) is 15.0 Å². The summed E-state index contributed by atoms with van der Waals surface area (Å²) in [4.78, 5) is 21.3. The van der Waals surface area contributed by atoms with Gasteiger partial charge in [-0.15, -0.1) is 0 Å². The Morgan fingerprint density at radius 1 is 1.15 bits per heavy atom. The quantitative estimate of drug-likeness (QED) is 0.668. The molecule has 0 saturated carbocycles. The number of aromatic hydroxyl groups is 1. The molecule has 0 bridgehead atoms. The lowest BCUT2D eigenvalue weighted by molar-refractivity contribution is 0.453. The van der Waals surface area contributed by atoms with E-state index in [4.69, 9.17) is 0 Å². The molecule has 0 aliphatic rings. The van der Waals surface area contributed by atoms with Crippen molar-refractivity contribution in [1.29, 1.82) is 0 Å². The van der Waals surface area contributed by atoms with Crippen LogP contribution in [0.5, 0.6) is 5.88 Å². The first-order valence-electron chi connectivity index (χ1n) is 5.89. The summed E-state index contributed by atoms with van der Waals surface area (Å²) in [5.41, 5.74) is -0.222. The van der Waals surface area contributed by atoms with Gasteiger partial charge in [0.25, 0.3) is 5.56 Å². The average molecular weight is 271 g/mol. The Balaban J connectivity index is 2.20. The molecule has 5 nitrogen and oxygen atoms in total. The van der Waals surface area contributed by atoms with Crippen molar-refractivity contribution in [3.05, 3.63) is 58.8 Å². The number of aromatic nitrogens is 3. The van der Waals surface area contributed by atoms with E-state index < -0.39 is 17.3 Å². The van der Waals surface area contributed by atoms with Crippen molar-refractivity contribution in [2.45, 2.75) is 0 Å². The maximum absolute atomic E-state index is 13.7. The van der Waals surface area contributed by atoms with Crippen LogP contribution < -0.4 is 5.56 Å². The third-order valence-corrected chi connectivity index (χ3v) is 2.90. The Morgan fingerprint density at radius 2 is 1.95 bits per heavy atom. The third kappa shape index (κ3) is 1.97. The summed E-state index contributed by atoms with van der Waals surface area (Å²) >= 11 is 0. The molecule has 0 amide bonds. The predicted molar refractivity (Wildman–Crippen MR) is 71.7 cm³/mol. The zero-order valence-corrected chi connectivity index (χ0v) is 10.2. The minimum atomic E-state index is -0.604. The average Bonchev–Trinajstić information content (AvgIpc) is 2.94. The fourth-order valence-corrected chi connectivity index (χ4v) is 1.97. The lowest BCUT2D eigenvalue weighted by Crippen LogP contribution is -2.12. The topological polar surface area (TPSA) is 81.8 Å². The summed E-state index contributed by atoms with van der Waals surface area (Å²) in [6, 6.07) is 9.14. The molecule has 1 aromatic carbocycles. The minimum absolute atomic E-state index is 0.0109. The second-order valence-corrected chi connectivity index (χ2v) is 4.18. The van der Waals surface area contributed by atoms with Crippen molar-refractivity contribution in [2.24, 2.45) is 0 Å². The molecule has 2 aromatic heterocycles. The van der Waals surface area contributed by atoms with Gasteiger partial charge in [0.1, 0.15) is 11.4 Å². The first kappa shape index (κ1) is 12.2. The zero-order valence-electron chi connectivity index (χ0n) is 10.2. The summed E-state index contributed by atoms with van der Waals surface area (Å²) < 4.78 is 13.7. The smallest absolute Gasteiger partial charge is 0.263 e. The monoisotopic (exact) mass is 271 g/mol. The molecular formula is C14H10FN3O2. The summed E-state index contributed by atoms with van der Waals surface area (Å²) in [5, 5.41) is 9.94. The van der Waals surface area contributed by atoms with E-state index >= 15 is 0 Å². The first-order chi connectivity index (χ1) is 9.66. The molecule has 100 valence electrons. The Morgan fingerprint density at radius 3 is 2.60 bits per heavy atom. The van der Waals surface area contributed by atoms with E-state index in [1.54, 1.807) is 24.4 Å². The molecule has 3 N–H and O–H groups in total. The minimum Gasteiger partial charge on any atom is -0.493 e. The van der Waals surface area contributed by atoms with Crippen LogP contribution >= 0.6 is 0 Å². The molecule has 2 heterocycles. The van der Waals surface area contributed by atoms with E-state index in [2.05, 4.69) is 15.0 Å². The van der Waals surface area contributed by atoms with Gasteiger partial charge in [-0.1, -0.05) is 18.2 Å². The van der Waals surface area contributed by atoms with Crippen LogP contribution in [0, 0.1) is 5.82 Å². The fourth-order valence-electron chi connectivity index (χ4n) is 1.97. The van der Waals surface area contributed by atoms with Gasteiger partial charge < -0.3 is 15.1 Å². The molecule has 0 radical (unpaired) electrons. The van der Waals surface area contributed by atoms with Crippen molar-refractivity contribution in [3.8, 4) is 28.5 Å². The van der Waals surface area contributed by atoms with Gasteiger partial charge in [-0.05, 0) is 18.2 Å². The highest BCUT2D eigenvalue weighted by Gasteiger charge is 2.16. The predicted octanol–water partition coefficient (Wildman–Crippen LogP) is 2.28. The highest BCUT2D eigenvalue weighted by molar-refractivity contribution is 5.69. The van der Waals surface area contributed by atoms with Crippen LogP contribution in [-0.4, -0.2) is 20.1 Å². The lowest BCUT2D eigenvalue weighted by atomic mass is 10.1. The van der Waals surface area contributed by atoms with E-state index in [-0.39, 0.29) is 17.0 Å². The molecule has 20 heavy (non-hydrogen) atoms. The number of hydrogen-bond acceptors (Lipinski definition) is 3. The summed E-state index contributed by atoms with van der Waals surface area (Å²) in [5.74, 6) is -0.913. The Kier molecular flexibility index (Phi) is 2.83. The van der Waals surface area contributed by atoms with Crippen LogP contribution in [-0.2, 0) is 0 Å². The summed E-state index contributed by atoms with van der Waals surface area (Å²) in [7, 11) is 0. The number of hydrogen-bond donors (Lipinski definition) is 3. The lowest BCUT2D eigenvalue weighted by Gasteiger charge is -2.06. The molecule has 0 unspecified atom stereocenters. The summed E-state index contributed by atoms with van der Waals surface area (Å²) in [6.07, 6.45) is 1.66. The van der Waals surface area contributed by atoms with E-state index in [0.717, 1.165) is 0 Å². The second kappa shape index (κ2) is 4.65. The fraction of sp³-hybridized carbons (Fsp3) is 0. The Labute approximate surface area is 112 Å². The maximum atomic E-state index is 13.7. The number of halogens is 1. The second-order valence-electron chi connectivity index (χ2n) is 4.18. The van der Waals surface area contributed by atoms with Crippen LogP contribution in [0.15, 0.2) is 47.4 Å². The van der Waals surface area contributed by atoms with Gasteiger partial charge in [0.2, 0.25) is 5.88 Å². The van der Waals surface area contributed by atoms with Gasteiger partial charge in [0, 0.05) is 11.8 Å². The van der Waals surface area contributed by atoms with Crippen molar-refractivity contribution in [2.75, 3.05) is 0 Å². The number of H-pyrrole nitrogens is 2. The standard InChI is InChI=1S/C14H10FN3O2/c15-9-5-2-1-4-8(9)11-13(19)17-12(18-14(11)20)10-6-3-7-16-10/h1-7,16H,(H2,17,18,19,20). The van der Waals surface area contributed by atoms with E-state index in [1.807, 2.05) is 0 Å². The maximum Gasteiger partial charge on any atom is 0.263 e. The number of nitrogens with zero attached hydrogens (tertiary/aromatic N) is 1. The largest absolute Gasteiger partial charge is 0.493 e. The number of nitrogens with one attached hydrogen (secondary N) is 2. The number of benzene rings is 1. The van der Waals surface area contributed by atoms with E-state index in [0.29, 0.717) is 5.69 Å². The molecule has 0 aliphatic carbocycles. The van der Waals surface area contributed by atoms with Gasteiger partial charge in [-0.2, -0.15) is 4.98 Å². The van der Waals surface area contributed by atoms with E-state index in [9.17, 15) is 14.3 Å². The van der Waals surface area contributed by atoms with Crippen molar-refractivity contribution < 1.29 is 9.50 Å². The Bertz CT molecular complexity index is 810. The van der Waals surface area contributed by atoms with E-state index in [1.165, 1.54) is 18.2 Å². The van der Waals surface area contributed by atoms with Crippen LogP contribution in [0.3, 0.4) is 0 Å². The number of rotatable bonds is 2. The molecule has 0 spiro atoms. The molecule has 0 atom stereocenters. The SMILES string of the molecule is O=c1[nH]c(-c2ccc[nH]2)nc(O)c1-c1ccccc1F. The van der Waals surface area contributed by atoms with Crippen LogP contribution in [0.2, 0.25) is 0 Å². The normalized spacial score (nSPS) is 10.7. The highest BCUT2D eigenvalue weighted by atomic mass is 19.1. The molecule has 0 fully saturated rings. The molecule has 3 aromatic rings. The van der Waals surface area contributed by atoms with Crippen LogP contribution in [0.4, 0.5) is 4.39 Å². The highest BCUT2D eigenvalue weighted by Crippen LogP contribution is 2.27. The molecule has 6 heteroatoms. The first-order valence-corrected chi connectivity index (χ1v) is 5.89. The molecule has 3 rings (SSSR count). The van der Waals surface area contributed by atoms with Crippen molar-refractivity contribution >= 4 is 0 Å². The third-order valence-electron chi connectivity index (χ3n) is 2.90. The molecule has 0 saturated heterocycles. The Hall–Kier alpha value is -2.89. The van der Waals surface area contributed by atoms with Crippen LogP contribution in [0.1, 0.15) is 0 Å². The van der Waals surface area contributed by atoms with Gasteiger partial charge in [0.05, 0.1) is 5.69 Å². The van der Waals surface area contributed by atoms with Gasteiger partial charge in [-0.3, -0.25) is 4.79 Å². The number of aromatic amines is 2. The molecular weight excluding hydrogens is 261 g/mol. The van der Waals surface area contributed by atoms with Gasteiger partial charge in [0.15, 0.2) is 5.82 Å². The molecule has 0 aliphatic heterocycles. The van der Waals surface area contributed by atoms with Gasteiger partial charge >= 0.3 is 0 Å². The van der Waals surface area contributed by atoms with Gasteiger partial charge in [-0.25, -0.2) is 4.39 Å². The van der Waals surface area contributed by atoms with Crippen molar-refractivity contribution in [3.63, 3.8) is 0 Å². The van der Waals surface area contributed by atoms with Crippen LogP contribution in [0.25, 0.3) is 22.6 Å². The summed E-state index contributed by atoms with van der Waals surface area (Å²) in [6.45, 7) is 0. The zero-order chi connectivity index (χ0) is 14.1.